The monoisotopic (exact) mass is 248 g/mol. The normalized spacial score (nSPS) is 12.3. The van der Waals surface area contributed by atoms with Crippen LogP contribution in [-0.4, -0.2) is 24.2 Å². The van der Waals surface area contributed by atoms with Crippen molar-refractivity contribution >= 4 is 18.0 Å². The van der Waals surface area contributed by atoms with Crippen LogP contribution in [0.3, 0.4) is 0 Å². The predicted octanol–water partition coefficient (Wildman–Crippen LogP) is 2.35. The molecule has 96 valence electrons. The van der Waals surface area contributed by atoms with Gasteiger partial charge in [-0.25, -0.2) is 0 Å². The van der Waals surface area contributed by atoms with Crippen molar-refractivity contribution in [3.63, 3.8) is 0 Å². The summed E-state index contributed by atoms with van der Waals surface area (Å²) >= 11 is 0. The molecule has 4 nitrogen and oxygen atoms in total. The van der Waals surface area contributed by atoms with Gasteiger partial charge in [0, 0.05) is 0 Å². The number of allylic oxidation sites excluding steroid dienone is 1. The van der Waals surface area contributed by atoms with Gasteiger partial charge in [0.15, 0.2) is 0 Å². The molecule has 0 aliphatic carbocycles. The Bertz CT molecular complexity index is 423. The van der Waals surface area contributed by atoms with Gasteiger partial charge in [-0.15, -0.1) is 0 Å². The van der Waals surface area contributed by atoms with Gasteiger partial charge in [-0.2, -0.15) is 0 Å². The topological polar surface area (TPSA) is 63.6 Å². The van der Waals surface area contributed by atoms with Crippen LogP contribution in [-0.2, 0) is 14.3 Å². The van der Waals surface area contributed by atoms with Gasteiger partial charge in [0.25, 0.3) is 0 Å². The maximum absolute atomic E-state index is 11.4. The third-order valence-corrected chi connectivity index (χ3v) is 2.49. The van der Waals surface area contributed by atoms with Crippen LogP contribution in [0.15, 0.2) is 36.4 Å². The molecule has 1 atom stereocenters. The molecule has 1 rings (SSSR count). The molecular weight excluding hydrogens is 232 g/mol. The first kappa shape index (κ1) is 14.0. The van der Waals surface area contributed by atoms with E-state index in [1.165, 1.54) is 7.11 Å². The summed E-state index contributed by atoms with van der Waals surface area (Å²) in [5.74, 6) is -2.12. The van der Waals surface area contributed by atoms with Crippen molar-refractivity contribution in [3.8, 4) is 0 Å². The third kappa shape index (κ3) is 4.82. The lowest BCUT2D eigenvalue weighted by Gasteiger charge is -2.09. The first-order chi connectivity index (χ1) is 8.63. The highest BCUT2D eigenvalue weighted by Crippen LogP contribution is 2.13. The molecule has 4 heteroatoms. The average Bonchev–Trinajstić information content (AvgIpc) is 2.37. The molecule has 0 aromatic heterocycles. The number of benzene rings is 1. The molecule has 0 radical (unpaired) electrons. The first-order valence-electron chi connectivity index (χ1n) is 5.64. The minimum absolute atomic E-state index is 0.216. The Balaban J connectivity index is 2.59. The highest BCUT2D eigenvalue weighted by molar-refractivity contribution is 5.79. The molecule has 0 aliphatic heterocycles. The summed E-state index contributed by atoms with van der Waals surface area (Å²) < 4.78 is 4.58. The largest absolute Gasteiger partial charge is 0.481 e. The van der Waals surface area contributed by atoms with Crippen molar-refractivity contribution in [1.29, 1.82) is 0 Å². The molecule has 1 unspecified atom stereocenters. The smallest absolute Gasteiger partial charge is 0.309 e. The molecular formula is C14H16O4. The fourth-order valence-electron chi connectivity index (χ4n) is 1.57. The van der Waals surface area contributed by atoms with Crippen molar-refractivity contribution in [2.75, 3.05) is 7.11 Å². The van der Waals surface area contributed by atoms with Crippen molar-refractivity contribution in [2.24, 2.45) is 5.92 Å². The van der Waals surface area contributed by atoms with E-state index in [9.17, 15) is 9.59 Å². The minimum atomic E-state index is -1.00. The van der Waals surface area contributed by atoms with E-state index in [2.05, 4.69) is 4.74 Å². The van der Waals surface area contributed by atoms with Gasteiger partial charge in [-0.3, -0.25) is 9.59 Å². The molecule has 18 heavy (non-hydrogen) atoms. The summed E-state index contributed by atoms with van der Waals surface area (Å²) in [6, 6.07) is 9.60. The third-order valence-electron chi connectivity index (χ3n) is 2.49. The summed E-state index contributed by atoms with van der Waals surface area (Å²) in [6.45, 7) is 0. The molecule has 1 aromatic rings. The zero-order chi connectivity index (χ0) is 13.4. The number of hydrogen-bond acceptors (Lipinski definition) is 3. The van der Waals surface area contributed by atoms with Gasteiger partial charge in [0.05, 0.1) is 19.4 Å². The number of methoxy groups -OCH3 is 1. The highest BCUT2D eigenvalue weighted by atomic mass is 16.5. The van der Waals surface area contributed by atoms with E-state index in [0.717, 1.165) is 5.56 Å². The first-order valence-corrected chi connectivity index (χ1v) is 5.64. The Kier molecular flexibility index (Phi) is 5.64. The second-order valence-corrected chi connectivity index (χ2v) is 3.87. The number of carboxylic acid groups (broad SMARTS) is 1. The molecule has 1 N–H and O–H groups in total. The fourth-order valence-corrected chi connectivity index (χ4v) is 1.57. The molecule has 0 heterocycles. The summed E-state index contributed by atoms with van der Waals surface area (Å²) in [5.41, 5.74) is 1.01. The number of rotatable bonds is 6. The van der Waals surface area contributed by atoms with Gasteiger partial charge in [-0.05, 0) is 12.0 Å². The molecule has 0 amide bonds. The van der Waals surface area contributed by atoms with Gasteiger partial charge < -0.3 is 9.84 Å². The summed E-state index contributed by atoms with van der Waals surface area (Å²) in [4.78, 5) is 22.0. The van der Waals surface area contributed by atoms with E-state index < -0.39 is 17.9 Å². The fraction of sp³-hybridized carbons (Fsp3) is 0.286. The van der Waals surface area contributed by atoms with E-state index in [0.29, 0.717) is 6.42 Å². The number of aliphatic carboxylic acids is 1. The molecule has 0 aliphatic rings. The van der Waals surface area contributed by atoms with Crippen LogP contribution in [0.5, 0.6) is 0 Å². The molecule has 0 fully saturated rings. The summed E-state index contributed by atoms with van der Waals surface area (Å²) in [5, 5.41) is 8.71. The Morgan fingerprint density at radius 3 is 2.56 bits per heavy atom. The standard InChI is InChI=1S/C14H16O4/c1-18-14(17)12(10-13(15)16)9-5-8-11-6-3-2-4-7-11/h2-8,12H,9-10H2,1H3,(H,15,16)/b8-5+. The van der Waals surface area contributed by atoms with Crippen LogP contribution in [0.4, 0.5) is 0 Å². The highest BCUT2D eigenvalue weighted by Gasteiger charge is 2.20. The molecule has 1 aromatic carbocycles. The molecule has 0 saturated heterocycles. The lowest BCUT2D eigenvalue weighted by atomic mass is 10.0. The summed E-state index contributed by atoms with van der Waals surface area (Å²) in [6.07, 6.45) is 3.79. The zero-order valence-electron chi connectivity index (χ0n) is 10.2. The van der Waals surface area contributed by atoms with Crippen molar-refractivity contribution in [1.82, 2.24) is 0 Å². The van der Waals surface area contributed by atoms with Crippen LogP contribution in [0.1, 0.15) is 18.4 Å². The van der Waals surface area contributed by atoms with Crippen molar-refractivity contribution < 1.29 is 19.4 Å². The maximum atomic E-state index is 11.4. The minimum Gasteiger partial charge on any atom is -0.481 e. The second-order valence-electron chi connectivity index (χ2n) is 3.87. The zero-order valence-corrected chi connectivity index (χ0v) is 10.2. The van der Waals surface area contributed by atoms with Crippen LogP contribution in [0, 0.1) is 5.92 Å². The number of carbonyl (C=O) groups excluding carboxylic acids is 1. The van der Waals surface area contributed by atoms with Gasteiger partial charge in [-0.1, -0.05) is 42.5 Å². The lowest BCUT2D eigenvalue weighted by molar-refractivity contribution is -0.150. The number of hydrogen-bond donors (Lipinski definition) is 1. The van der Waals surface area contributed by atoms with Gasteiger partial charge >= 0.3 is 11.9 Å². The van der Waals surface area contributed by atoms with Gasteiger partial charge in [0.1, 0.15) is 0 Å². The Morgan fingerprint density at radius 1 is 1.33 bits per heavy atom. The second kappa shape index (κ2) is 7.27. The maximum Gasteiger partial charge on any atom is 0.309 e. The number of carbonyl (C=O) groups is 2. The molecule has 0 bridgehead atoms. The number of ether oxygens (including phenoxy) is 1. The van der Waals surface area contributed by atoms with Crippen LogP contribution in [0.2, 0.25) is 0 Å². The van der Waals surface area contributed by atoms with E-state index in [-0.39, 0.29) is 6.42 Å². The quantitative estimate of drug-likeness (QED) is 0.785. The summed E-state index contributed by atoms with van der Waals surface area (Å²) in [7, 11) is 1.26. The van der Waals surface area contributed by atoms with E-state index >= 15 is 0 Å². The Morgan fingerprint density at radius 2 is 2.00 bits per heavy atom. The van der Waals surface area contributed by atoms with Gasteiger partial charge in [0.2, 0.25) is 0 Å². The van der Waals surface area contributed by atoms with Crippen molar-refractivity contribution in [2.45, 2.75) is 12.8 Å². The van der Waals surface area contributed by atoms with E-state index in [4.69, 9.17) is 5.11 Å². The SMILES string of the molecule is COC(=O)C(C/C=C/c1ccccc1)CC(=O)O. The Hall–Kier alpha value is -2.10. The predicted molar refractivity (Wildman–Crippen MR) is 67.9 cm³/mol. The van der Waals surface area contributed by atoms with Crippen LogP contribution < -0.4 is 0 Å². The molecule has 0 saturated carbocycles. The van der Waals surface area contributed by atoms with E-state index in [1.807, 2.05) is 36.4 Å². The Labute approximate surface area is 106 Å². The number of esters is 1. The molecule has 0 spiro atoms. The van der Waals surface area contributed by atoms with Crippen LogP contribution in [0.25, 0.3) is 6.08 Å². The van der Waals surface area contributed by atoms with Crippen LogP contribution >= 0.6 is 0 Å². The lowest BCUT2D eigenvalue weighted by Crippen LogP contribution is -2.19. The van der Waals surface area contributed by atoms with Crippen molar-refractivity contribution in [3.05, 3.63) is 42.0 Å². The van der Waals surface area contributed by atoms with E-state index in [1.54, 1.807) is 6.08 Å². The number of carboxylic acids is 1. The average molecular weight is 248 g/mol.